The fourth-order valence-electron chi connectivity index (χ4n) is 2.05. The lowest BCUT2D eigenvalue weighted by atomic mass is 10.1. The van der Waals surface area contributed by atoms with Crippen molar-refractivity contribution in [2.45, 2.75) is 61.3 Å². The minimum Gasteiger partial charge on any atom is -0.412 e. The molecular formula is C15H14F13NO7S. The number of esters is 1. The number of rotatable bonds is 11. The normalized spacial score (nSPS) is 15.8. The molecule has 0 aromatic heterocycles. The van der Waals surface area contributed by atoms with Crippen LogP contribution in [0.15, 0.2) is 12.2 Å². The highest BCUT2D eigenvalue weighted by Crippen LogP contribution is 2.42. The maximum atomic E-state index is 13.7. The summed E-state index contributed by atoms with van der Waals surface area (Å²) >= 11 is 0. The van der Waals surface area contributed by atoms with Gasteiger partial charge >= 0.3 is 57.5 Å². The van der Waals surface area contributed by atoms with Crippen LogP contribution in [0.2, 0.25) is 0 Å². The lowest BCUT2D eigenvalue weighted by Gasteiger charge is -2.35. The molecule has 37 heavy (non-hydrogen) atoms. The van der Waals surface area contributed by atoms with Crippen molar-refractivity contribution in [3.63, 3.8) is 0 Å². The summed E-state index contributed by atoms with van der Waals surface area (Å²) in [6.07, 6.45) is -23.8. The quantitative estimate of drug-likeness (QED) is 0.0925. The second-order valence-electron chi connectivity index (χ2n) is 6.92. The smallest absolute Gasteiger partial charge is 0.412 e. The molecule has 0 aliphatic carbocycles. The van der Waals surface area contributed by atoms with Gasteiger partial charge in [-0.2, -0.15) is 65.5 Å². The average Bonchev–Trinajstić information content (AvgIpc) is 2.63. The topological polar surface area (TPSA) is 119 Å². The van der Waals surface area contributed by atoms with Gasteiger partial charge in [0, 0.05) is 12.0 Å². The number of amides is 1. The van der Waals surface area contributed by atoms with Crippen molar-refractivity contribution in [1.82, 2.24) is 5.32 Å². The molecule has 1 atom stereocenters. The molecule has 0 aromatic rings. The van der Waals surface area contributed by atoms with Gasteiger partial charge in [0.2, 0.25) is 6.04 Å². The van der Waals surface area contributed by atoms with E-state index in [0.717, 1.165) is 0 Å². The van der Waals surface area contributed by atoms with E-state index in [9.17, 15) is 75.1 Å². The number of alkyl halides is 13. The number of halogens is 13. The first-order valence-corrected chi connectivity index (χ1v) is 10.2. The van der Waals surface area contributed by atoms with Crippen LogP contribution in [0, 0.1) is 0 Å². The van der Waals surface area contributed by atoms with E-state index >= 15 is 0 Å². The summed E-state index contributed by atoms with van der Waals surface area (Å²) in [5.41, 5.74) is -1.03. The van der Waals surface area contributed by atoms with Crippen LogP contribution in [0.3, 0.4) is 0 Å². The van der Waals surface area contributed by atoms with Crippen LogP contribution < -0.4 is 5.32 Å². The molecule has 2 N–H and O–H groups in total. The van der Waals surface area contributed by atoms with Crippen molar-refractivity contribution >= 4 is 22.0 Å². The Labute approximate surface area is 197 Å². The number of ether oxygens (including phenoxy) is 2. The Morgan fingerprint density at radius 3 is 1.68 bits per heavy atom. The molecule has 0 fully saturated rings. The van der Waals surface area contributed by atoms with E-state index in [2.05, 4.69) is 16.1 Å². The Morgan fingerprint density at radius 1 is 0.919 bits per heavy atom. The molecule has 0 aliphatic rings. The first-order chi connectivity index (χ1) is 16.0. The van der Waals surface area contributed by atoms with Crippen LogP contribution in [0.1, 0.15) is 19.8 Å². The van der Waals surface area contributed by atoms with Gasteiger partial charge in [0.1, 0.15) is 0 Å². The standard InChI is InChI=1S/C15H14F13NO7S/c1-6(2)7(30)36-11(14(24,25)26,9(31)29-8(12(18,19)20)13(21,22)23)35-5-3-4-10(16,17)15(27,28)37(32,33)34/h8H,1,3-5H2,2H3,(H,29,31)(H,32,33,34). The number of nitrogens with one attached hydrogen (secondary N) is 1. The van der Waals surface area contributed by atoms with Gasteiger partial charge < -0.3 is 14.8 Å². The van der Waals surface area contributed by atoms with Crippen molar-refractivity contribution in [2.75, 3.05) is 6.61 Å². The van der Waals surface area contributed by atoms with Crippen LogP contribution >= 0.6 is 0 Å². The highest BCUT2D eigenvalue weighted by molar-refractivity contribution is 7.87. The van der Waals surface area contributed by atoms with Crippen LogP contribution in [-0.2, 0) is 29.2 Å². The molecule has 0 aromatic carbocycles. The van der Waals surface area contributed by atoms with E-state index in [-0.39, 0.29) is 5.32 Å². The second kappa shape index (κ2) is 10.8. The van der Waals surface area contributed by atoms with E-state index in [1.165, 1.54) is 0 Å². The van der Waals surface area contributed by atoms with E-state index < -0.39 is 88.6 Å². The van der Waals surface area contributed by atoms with Crippen LogP contribution in [0.25, 0.3) is 0 Å². The summed E-state index contributed by atoms with van der Waals surface area (Å²) in [5, 5.41) is -6.34. The summed E-state index contributed by atoms with van der Waals surface area (Å²) in [6, 6.07) is -5.00. The van der Waals surface area contributed by atoms with Gasteiger partial charge in [0.15, 0.2) is 0 Å². The molecular weight excluding hydrogens is 585 g/mol. The first kappa shape index (κ1) is 34.6. The molecule has 0 radical (unpaired) electrons. The molecule has 1 amide bonds. The lowest BCUT2D eigenvalue weighted by Crippen LogP contribution is -2.66. The molecule has 0 saturated heterocycles. The number of carbonyl (C=O) groups excluding carboxylic acids is 2. The Morgan fingerprint density at radius 2 is 1.35 bits per heavy atom. The minimum absolute atomic E-state index is 0.131. The third-order valence-electron chi connectivity index (χ3n) is 3.88. The second-order valence-corrected chi connectivity index (χ2v) is 8.39. The Bertz CT molecular complexity index is 958. The third kappa shape index (κ3) is 8.06. The predicted molar refractivity (Wildman–Crippen MR) is 90.4 cm³/mol. The van der Waals surface area contributed by atoms with Crippen molar-refractivity contribution < 1.29 is 89.1 Å². The van der Waals surface area contributed by atoms with Crippen LogP contribution in [0.5, 0.6) is 0 Å². The summed E-state index contributed by atoms with van der Waals surface area (Å²) in [4.78, 5) is 23.6. The Balaban J connectivity index is 6.32. The van der Waals surface area contributed by atoms with Crippen molar-refractivity contribution in [1.29, 1.82) is 0 Å². The zero-order valence-corrected chi connectivity index (χ0v) is 18.4. The van der Waals surface area contributed by atoms with Gasteiger partial charge in [-0.15, -0.1) is 0 Å². The molecule has 0 heterocycles. The average molecular weight is 599 g/mol. The van der Waals surface area contributed by atoms with Crippen molar-refractivity contribution in [3.8, 4) is 0 Å². The largest absolute Gasteiger partial charge is 0.466 e. The first-order valence-electron chi connectivity index (χ1n) is 8.81. The highest BCUT2D eigenvalue weighted by atomic mass is 32.2. The van der Waals surface area contributed by atoms with Crippen molar-refractivity contribution in [3.05, 3.63) is 12.2 Å². The van der Waals surface area contributed by atoms with Gasteiger partial charge in [-0.1, -0.05) is 6.58 Å². The molecule has 0 spiro atoms. The zero-order chi connectivity index (χ0) is 30.1. The Kier molecular flexibility index (Phi) is 10.1. The monoisotopic (exact) mass is 599 g/mol. The molecule has 1 unspecified atom stereocenters. The molecule has 0 saturated carbocycles. The molecule has 0 bridgehead atoms. The maximum Gasteiger partial charge on any atom is 0.466 e. The van der Waals surface area contributed by atoms with Gasteiger partial charge in [0.25, 0.3) is 0 Å². The Hall–Kier alpha value is -2.36. The van der Waals surface area contributed by atoms with E-state index in [1.54, 1.807) is 0 Å². The predicted octanol–water partition coefficient (Wildman–Crippen LogP) is 3.89. The van der Waals surface area contributed by atoms with Gasteiger partial charge in [-0.25, -0.2) is 4.79 Å². The lowest BCUT2D eigenvalue weighted by molar-refractivity contribution is -0.349. The molecule has 8 nitrogen and oxygen atoms in total. The molecule has 22 heteroatoms. The SMILES string of the molecule is C=C(C)C(=O)OC(OCCCC(F)(F)C(F)(F)S(=O)(=O)O)(C(=O)NC(C(F)(F)F)C(F)(F)F)C(F)(F)F. The fraction of sp³-hybridized carbons (Fsp3) is 0.733. The van der Waals surface area contributed by atoms with Gasteiger partial charge in [-0.3, -0.25) is 9.35 Å². The highest BCUT2D eigenvalue weighted by Gasteiger charge is 2.69. The number of hydrogen-bond donors (Lipinski definition) is 2. The molecule has 0 rings (SSSR count). The summed E-state index contributed by atoms with van der Waals surface area (Å²) in [6.45, 7) is 1.25. The van der Waals surface area contributed by atoms with E-state index in [4.69, 9.17) is 4.55 Å². The van der Waals surface area contributed by atoms with Gasteiger partial charge in [-0.05, 0) is 13.3 Å². The summed E-state index contributed by atoms with van der Waals surface area (Å²) in [5.74, 6) is -16.9. The zero-order valence-electron chi connectivity index (χ0n) is 17.6. The summed E-state index contributed by atoms with van der Waals surface area (Å²) in [7, 11) is -6.79. The van der Waals surface area contributed by atoms with Gasteiger partial charge in [0.05, 0.1) is 6.61 Å². The third-order valence-corrected chi connectivity index (χ3v) is 4.82. The fourth-order valence-corrected chi connectivity index (χ4v) is 2.53. The molecule has 0 aliphatic heterocycles. The van der Waals surface area contributed by atoms with Crippen molar-refractivity contribution in [2.24, 2.45) is 0 Å². The van der Waals surface area contributed by atoms with E-state index in [1.807, 2.05) is 0 Å². The minimum atomic E-state index is -6.79. The maximum absolute atomic E-state index is 13.7. The molecule has 218 valence electrons. The van der Waals surface area contributed by atoms with Crippen LogP contribution in [-0.4, -0.2) is 73.0 Å². The van der Waals surface area contributed by atoms with Crippen LogP contribution in [0.4, 0.5) is 57.1 Å². The number of hydrogen-bond acceptors (Lipinski definition) is 6. The number of carbonyl (C=O) groups is 2. The van der Waals surface area contributed by atoms with E-state index in [0.29, 0.717) is 6.92 Å². The summed E-state index contributed by atoms with van der Waals surface area (Å²) < 4.78 is 207.